The molecule has 1 saturated carbocycles. The Hall–Kier alpha value is -0.960. The number of ether oxygens (including phenoxy) is 1. The molecule has 1 heterocycles. The third-order valence-corrected chi connectivity index (χ3v) is 3.28. The van der Waals surface area contributed by atoms with Crippen molar-refractivity contribution in [1.82, 2.24) is 0 Å². The van der Waals surface area contributed by atoms with Gasteiger partial charge in [0.15, 0.2) is 0 Å². The molecule has 2 rings (SSSR count). The minimum atomic E-state index is -5.08. The van der Waals surface area contributed by atoms with E-state index in [0.717, 1.165) is 0 Å². The first-order valence-corrected chi connectivity index (χ1v) is 5.58. The zero-order chi connectivity index (χ0) is 14.9. The molecule has 1 aliphatic carbocycles. The molecule has 0 unspecified atom stereocenters. The van der Waals surface area contributed by atoms with Crippen LogP contribution in [-0.2, 0) is 9.53 Å². The number of hydrogen-bond acceptors (Lipinski definition) is 3. The van der Waals surface area contributed by atoms with E-state index in [2.05, 4.69) is 0 Å². The molecule has 0 atom stereocenters. The van der Waals surface area contributed by atoms with Crippen LogP contribution in [0.1, 0.15) is 25.7 Å². The third kappa shape index (κ3) is 3.53. The molecule has 0 radical (unpaired) electrons. The fourth-order valence-corrected chi connectivity index (χ4v) is 2.00. The van der Waals surface area contributed by atoms with E-state index in [1.54, 1.807) is 0 Å². The van der Waals surface area contributed by atoms with Crippen LogP contribution in [0.25, 0.3) is 0 Å². The smallest absolute Gasteiger partial charge is 0.475 e. The first-order chi connectivity index (χ1) is 8.50. The lowest BCUT2D eigenvalue weighted by Gasteiger charge is -2.51. The van der Waals surface area contributed by atoms with Crippen molar-refractivity contribution in [3.05, 3.63) is 0 Å². The fraction of sp³-hybridized carbons (Fsp3) is 0.900. The van der Waals surface area contributed by atoms with Crippen LogP contribution >= 0.6 is 0 Å². The lowest BCUT2D eigenvalue weighted by atomic mass is 9.75. The molecule has 112 valence electrons. The normalized spacial score (nSPS) is 33.1. The summed E-state index contributed by atoms with van der Waals surface area (Å²) in [4.78, 5) is 8.90. The molecule has 0 amide bonds. The lowest BCUT2D eigenvalue weighted by Crippen LogP contribution is -2.65. The van der Waals surface area contributed by atoms with E-state index in [9.17, 15) is 22.0 Å². The van der Waals surface area contributed by atoms with Crippen molar-refractivity contribution in [2.45, 2.75) is 49.4 Å². The van der Waals surface area contributed by atoms with Gasteiger partial charge in [0.1, 0.15) is 12.2 Å². The number of rotatable bonds is 0. The molecule has 0 aromatic carbocycles. The Bertz CT molecular complexity index is 337. The molecule has 2 fully saturated rings. The predicted molar refractivity (Wildman–Crippen MR) is 53.8 cm³/mol. The van der Waals surface area contributed by atoms with Gasteiger partial charge < -0.3 is 15.6 Å². The third-order valence-electron chi connectivity index (χ3n) is 3.28. The van der Waals surface area contributed by atoms with E-state index in [0.29, 0.717) is 25.7 Å². The Morgan fingerprint density at radius 3 is 1.89 bits per heavy atom. The number of carboxylic acids is 1. The van der Waals surface area contributed by atoms with E-state index in [1.165, 1.54) is 0 Å². The second kappa shape index (κ2) is 5.20. The second-order valence-corrected chi connectivity index (χ2v) is 4.63. The molecule has 0 aromatic heterocycles. The molecule has 1 saturated heterocycles. The number of nitrogens with two attached hydrogens (primary N) is 1. The zero-order valence-corrected chi connectivity index (χ0v) is 9.84. The topological polar surface area (TPSA) is 72.5 Å². The fourth-order valence-electron chi connectivity index (χ4n) is 2.00. The van der Waals surface area contributed by atoms with E-state index in [-0.39, 0.29) is 6.04 Å². The van der Waals surface area contributed by atoms with Crippen LogP contribution in [-0.4, -0.2) is 41.4 Å². The molecule has 3 N–H and O–H groups in total. The maximum absolute atomic E-state index is 13.0. The molecule has 4 nitrogen and oxygen atoms in total. The van der Waals surface area contributed by atoms with Crippen molar-refractivity contribution < 1.29 is 36.6 Å². The van der Waals surface area contributed by atoms with Gasteiger partial charge >= 0.3 is 12.1 Å². The van der Waals surface area contributed by atoms with Gasteiger partial charge in [0.25, 0.3) is 5.92 Å². The molecule has 19 heavy (non-hydrogen) atoms. The number of carbonyl (C=O) groups is 1. The summed E-state index contributed by atoms with van der Waals surface area (Å²) in [5, 5.41) is 7.12. The largest absolute Gasteiger partial charge is 0.490 e. The van der Waals surface area contributed by atoms with Crippen molar-refractivity contribution in [2.24, 2.45) is 5.73 Å². The van der Waals surface area contributed by atoms with Crippen LogP contribution in [0.15, 0.2) is 0 Å². The average molecular weight is 291 g/mol. The van der Waals surface area contributed by atoms with Crippen molar-refractivity contribution in [3.63, 3.8) is 0 Å². The van der Waals surface area contributed by atoms with Gasteiger partial charge in [-0.25, -0.2) is 13.6 Å². The quantitative estimate of drug-likeness (QED) is 0.669. The highest BCUT2D eigenvalue weighted by Crippen LogP contribution is 2.50. The van der Waals surface area contributed by atoms with E-state index >= 15 is 0 Å². The number of aliphatic carboxylic acids is 1. The number of alkyl halides is 5. The summed E-state index contributed by atoms with van der Waals surface area (Å²) in [5.74, 6) is -5.36. The number of carboxylic acid groups (broad SMARTS) is 1. The van der Waals surface area contributed by atoms with Crippen LogP contribution < -0.4 is 5.73 Å². The van der Waals surface area contributed by atoms with Gasteiger partial charge in [-0.2, -0.15) is 13.2 Å². The van der Waals surface area contributed by atoms with Crippen molar-refractivity contribution >= 4 is 5.97 Å². The SMILES string of the molecule is NC1CCC2(CC1)OCC2(F)F.O=C(O)C(F)(F)F. The highest BCUT2D eigenvalue weighted by atomic mass is 19.4. The minimum absolute atomic E-state index is 0.0932. The van der Waals surface area contributed by atoms with Crippen LogP contribution in [0.3, 0.4) is 0 Å². The Morgan fingerprint density at radius 1 is 1.26 bits per heavy atom. The van der Waals surface area contributed by atoms with Gasteiger partial charge in [-0.05, 0) is 25.7 Å². The standard InChI is InChI=1S/C8H13F2NO.C2HF3O2/c9-8(10)5-12-7(8)3-1-6(11)2-4-7;3-2(4,5)1(6)7/h6H,1-5,11H2;(H,6,7). The van der Waals surface area contributed by atoms with E-state index < -0.39 is 30.3 Å². The Morgan fingerprint density at radius 2 is 1.68 bits per heavy atom. The van der Waals surface area contributed by atoms with Crippen molar-refractivity contribution in [2.75, 3.05) is 6.61 Å². The lowest BCUT2D eigenvalue weighted by molar-refractivity contribution is -0.338. The van der Waals surface area contributed by atoms with Gasteiger partial charge in [0, 0.05) is 6.04 Å². The Balaban J connectivity index is 0.000000224. The number of hydrogen-bond donors (Lipinski definition) is 2. The van der Waals surface area contributed by atoms with Crippen LogP contribution in [0.4, 0.5) is 22.0 Å². The maximum atomic E-state index is 13.0. The van der Waals surface area contributed by atoms with Gasteiger partial charge in [-0.3, -0.25) is 0 Å². The molecule has 0 aromatic rings. The maximum Gasteiger partial charge on any atom is 0.490 e. The molecular weight excluding hydrogens is 277 g/mol. The predicted octanol–water partition coefficient (Wildman–Crippen LogP) is 1.93. The summed E-state index contributed by atoms with van der Waals surface area (Å²) in [6.07, 6.45) is -2.92. The van der Waals surface area contributed by atoms with Gasteiger partial charge in [0.2, 0.25) is 0 Å². The monoisotopic (exact) mass is 291 g/mol. The van der Waals surface area contributed by atoms with Crippen LogP contribution in [0, 0.1) is 0 Å². The summed E-state index contributed by atoms with van der Waals surface area (Å²) < 4.78 is 62.8. The average Bonchev–Trinajstić information content (AvgIpc) is 2.28. The summed E-state index contributed by atoms with van der Waals surface area (Å²) >= 11 is 0. The molecule has 1 aliphatic heterocycles. The second-order valence-electron chi connectivity index (χ2n) is 4.63. The van der Waals surface area contributed by atoms with Gasteiger partial charge in [0.05, 0.1) is 0 Å². The van der Waals surface area contributed by atoms with Crippen molar-refractivity contribution in [1.29, 1.82) is 0 Å². The highest BCUT2D eigenvalue weighted by Gasteiger charge is 2.63. The molecule has 2 aliphatic rings. The molecule has 9 heteroatoms. The summed E-state index contributed by atoms with van der Waals surface area (Å²) in [6, 6.07) is 0.0932. The highest BCUT2D eigenvalue weighted by molar-refractivity contribution is 5.73. The molecular formula is C10H14F5NO3. The first-order valence-electron chi connectivity index (χ1n) is 5.58. The number of halogens is 5. The first kappa shape index (κ1) is 16.1. The van der Waals surface area contributed by atoms with Crippen molar-refractivity contribution in [3.8, 4) is 0 Å². The summed E-state index contributed by atoms with van der Waals surface area (Å²) in [7, 11) is 0. The van der Waals surface area contributed by atoms with Gasteiger partial charge in [-0.1, -0.05) is 0 Å². The van der Waals surface area contributed by atoms with Crippen LogP contribution in [0.2, 0.25) is 0 Å². The Labute approximate surface area is 105 Å². The van der Waals surface area contributed by atoms with E-state index in [4.69, 9.17) is 20.4 Å². The Kier molecular flexibility index (Phi) is 4.40. The van der Waals surface area contributed by atoms with Gasteiger partial charge in [-0.15, -0.1) is 0 Å². The molecule has 1 spiro atoms. The summed E-state index contributed by atoms with van der Waals surface area (Å²) in [5.41, 5.74) is 4.49. The zero-order valence-electron chi connectivity index (χ0n) is 9.84. The van der Waals surface area contributed by atoms with E-state index in [1.807, 2.05) is 0 Å². The molecule has 0 bridgehead atoms. The minimum Gasteiger partial charge on any atom is -0.475 e. The summed E-state index contributed by atoms with van der Waals surface area (Å²) in [6.45, 7) is -0.401. The van der Waals surface area contributed by atoms with Crippen LogP contribution in [0.5, 0.6) is 0 Å².